The van der Waals surface area contributed by atoms with Gasteiger partial charge >= 0.3 is 0 Å². The molecule has 1 aromatic heterocycles. The van der Waals surface area contributed by atoms with Gasteiger partial charge in [-0.25, -0.2) is 0 Å². The molecule has 1 N–H and O–H groups in total. The molecule has 0 aliphatic carbocycles. The van der Waals surface area contributed by atoms with Crippen molar-refractivity contribution in [3.63, 3.8) is 0 Å². The van der Waals surface area contributed by atoms with Crippen LogP contribution in [-0.4, -0.2) is 27.7 Å². The van der Waals surface area contributed by atoms with Gasteiger partial charge in [-0.1, -0.05) is 30.1 Å². The maximum absolute atomic E-state index is 9.03. The monoisotopic (exact) mass is 346 g/mol. The molecule has 7 heteroatoms. The lowest BCUT2D eigenvalue weighted by Gasteiger charge is -2.10. The van der Waals surface area contributed by atoms with Crippen molar-refractivity contribution in [1.29, 1.82) is 0 Å². The highest BCUT2D eigenvalue weighted by molar-refractivity contribution is 7.99. The van der Waals surface area contributed by atoms with Crippen LogP contribution in [-0.2, 0) is 0 Å². The van der Waals surface area contributed by atoms with Crippen molar-refractivity contribution >= 4 is 35.0 Å². The fourth-order valence-corrected chi connectivity index (χ4v) is 3.05. The number of nitrogens with zero attached hydrogens (tertiary/aromatic N) is 2. The summed E-state index contributed by atoms with van der Waals surface area (Å²) in [6.45, 7) is 4.16. The molecule has 0 saturated heterocycles. The van der Waals surface area contributed by atoms with E-state index in [0.717, 1.165) is 5.75 Å². The molecule has 21 heavy (non-hydrogen) atoms. The lowest BCUT2D eigenvalue weighted by atomic mass is 10.2. The lowest BCUT2D eigenvalue weighted by molar-refractivity contribution is 0.250. The van der Waals surface area contributed by atoms with Crippen molar-refractivity contribution < 1.29 is 9.52 Å². The van der Waals surface area contributed by atoms with E-state index in [1.807, 2.05) is 13.8 Å². The fourth-order valence-electron chi connectivity index (χ4n) is 1.60. The average Bonchev–Trinajstić information content (AvgIpc) is 2.93. The van der Waals surface area contributed by atoms with Gasteiger partial charge in [0.15, 0.2) is 0 Å². The van der Waals surface area contributed by atoms with E-state index in [1.54, 1.807) is 30.0 Å². The molecule has 0 amide bonds. The van der Waals surface area contributed by atoms with E-state index in [1.165, 1.54) is 0 Å². The Kier molecular flexibility index (Phi) is 5.93. The summed E-state index contributed by atoms with van der Waals surface area (Å²) in [5.41, 5.74) is 0.667. The quantitative estimate of drug-likeness (QED) is 0.836. The van der Waals surface area contributed by atoms with Gasteiger partial charge in [0, 0.05) is 11.6 Å². The van der Waals surface area contributed by atoms with E-state index in [-0.39, 0.29) is 17.8 Å². The molecule has 0 radical (unpaired) electrons. The Morgan fingerprint density at radius 2 is 2.05 bits per heavy atom. The maximum atomic E-state index is 9.03. The van der Waals surface area contributed by atoms with Crippen LogP contribution in [0, 0.1) is 5.92 Å². The van der Waals surface area contributed by atoms with Crippen molar-refractivity contribution in [3.8, 4) is 11.5 Å². The Morgan fingerprint density at radius 3 is 2.71 bits per heavy atom. The van der Waals surface area contributed by atoms with E-state index >= 15 is 0 Å². The van der Waals surface area contributed by atoms with Crippen LogP contribution in [0.15, 0.2) is 22.6 Å². The molecule has 0 aliphatic heterocycles. The Morgan fingerprint density at radius 1 is 1.29 bits per heavy atom. The topological polar surface area (TPSA) is 59.2 Å². The summed E-state index contributed by atoms with van der Waals surface area (Å²) in [7, 11) is 0. The molecule has 1 aromatic carbocycles. The number of rotatable bonds is 6. The van der Waals surface area contributed by atoms with Gasteiger partial charge in [0.1, 0.15) is 0 Å². The Hall–Kier alpha value is -0.750. The number of thioether (sulfide) groups is 1. The zero-order valence-corrected chi connectivity index (χ0v) is 14.0. The van der Waals surface area contributed by atoms with Crippen LogP contribution in [0.3, 0.4) is 0 Å². The van der Waals surface area contributed by atoms with Gasteiger partial charge in [0.25, 0.3) is 0 Å². The van der Waals surface area contributed by atoms with Crippen LogP contribution in [0.4, 0.5) is 0 Å². The van der Waals surface area contributed by atoms with Crippen molar-refractivity contribution in [2.24, 2.45) is 5.92 Å². The van der Waals surface area contributed by atoms with Crippen LogP contribution in [0.1, 0.15) is 25.0 Å². The second kappa shape index (κ2) is 7.49. The third-order valence-electron chi connectivity index (χ3n) is 2.89. The largest absolute Gasteiger partial charge is 0.419 e. The molecule has 114 valence electrons. The first-order valence-corrected chi connectivity index (χ1v) is 8.33. The number of aliphatic hydroxyl groups excluding tert-OH is 1. The first-order valence-electron chi connectivity index (χ1n) is 6.52. The number of aromatic nitrogens is 2. The summed E-state index contributed by atoms with van der Waals surface area (Å²) in [6, 6.07) is 5.13. The SMILES string of the molecule is CC(CO)CSC(C)c1nnc(-c2ccc(Cl)cc2Cl)o1. The molecule has 2 rings (SSSR count). The highest BCUT2D eigenvalue weighted by Crippen LogP contribution is 2.33. The molecule has 0 fully saturated rings. The van der Waals surface area contributed by atoms with Gasteiger partial charge in [0.05, 0.1) is 15.8 Å². The smallest absolute Gasteiger partial charge is 0.249 e. The van der Waals surface area contributed by atoms with Crippen molar-refractivity contribution in [2.45, 2.75) is 19.1 Å². The Balaban J connectivity index is 2.10. The predicted molar refractivity (Wildman–Crippen MR) is 86.9 cm³/mol. The predicted octanol–water partition coefficient (Wildman–Crippen LogP) is 4.47. The minimum Gasteiger partial charge on any atom is -0.419 e. The standard InChI is InChI=1S/C14H16Cl2N2O2S/c1-8(6-19)7-21-9(2)13-17-18-14(20-13)11-4-3-10(15)5-12(11)16/h3-5,8-9,19H,6-7H2,1-2H3. The van der Waals surface area contributed by atoms with E-state index < -0.39 is 0 Å². The minimum absolute atomic E-state index is 0.0614. The highest BCUT2D eigenvalue weighted by atomic mass is 35.5. The zero-order chi connectivity index (χ0) is 15.4. The molecule has 0 saturated carbocycles. The van der Waals surface area contributed by atoms with Crippen LogP contribution in [0.25, 0.3) is 11.5 Å². The first-order chi connectivity index (χ1) is 10.0. The summed E-state index contributed by atoms with van der Waals surface area (Å²) in [6.07, 6.45) is 0. The summed E-state index contributed by atoms with van der Waals surface area (Å²) < 4.78 is 5.69. The molecule has 4 nitrogen and oxygen atoms in total. The molecule has 2 unspecified atom stereocenters. The molecule has 1 heterocycles. The van der Waals surface area contributed by atoms with Crippen molar-refractivity contribution in [2.75, 3.05) is 12.4 Å². The van der Waals surface area contributed by atoms with Crippen LogP contribution < -0.4 is 0 Å². The van der Waals surface area contributed by atoms with Gasteiger partial charge in [-0.2, -0.15) is 0 Å². The second-order valence-corrected chi connectivity index (χ2v) is 7.05. The summed E-state index contributed by atoms with van der Waals surface area (Å²) >= 11 is 13.7. The lowest BCUT2D eigenvalue weighted by Crippen LogP contribution is -2.04. The van der Waals surface area contributed by atoms with Crippen molar-refractivity contribution in [3.05, 3.63) is 34.1 Å². The van der Waals surface area contributed by atoms with E-state index in [4.69, 9.17) is 32.7 Å². The van der Waals surface area contributed by atoms with E-state index in [0.29, 0.717) is 27.4 Å². The van der Waals surface area contributed by atoms with Gasteiger partial charge in [-0.3, -0.25) is 0 Å². The maximum Gasteiger partial charge on any atom is 0.249 e. The van der Waals surface area contributed by atoms with E-state index in [9.17, 15) is 0 Å². The van der Waals surface area contributed by atoms with Crippen molar-refractivity contribution in [1.82, 2.24) is 10.2 Å². The van der Waals surface area contributed by atoms with Crippen LogP contribution in [0.2, 0.25) is 10.0 Å². The van der Waals surface area contributed by atoms with Gasteiger partial charge in [-0.05, 0) is 36.8 Å². The number of benzene rings is 1. The van der Waals surface area contributed by atoms with Gasteiger partial charge < -0.3 is 9.52 Å². The molecule has 2 atom stereocenters. The number of aliphatic hydroxyl groups is 1. The van der Waals surface area contributed by atoms with Gasteiger partial charge in [-0.15, -0.1) is 22.0 Å². The Bertz CT molecular complexity index is 606. The molecule has 0 aliphatic rings. The number of hydrogen-bond acceptors (Lipinski definition) is 5. The Labute approximate surface area is 137 Å². The first kappa shape index (κ1) is 16.6. The fraction of sp³-hybridized carbons (Fsp3) is 0.429. The minimum atomic E-state index is 0.0614. The van der Waals surface area contributed by atoms with Crippen LogP contribution >= 0.6 is 35.0 Å². The molecule has 0 bridgehead atoms. The average molecular weight is 347 g/mol. The summed E-state index contributed by atoms with van der Waals surface area (Å²) in [5.74, 6) is 2.00. The zero-order valence-electron chi connectivity index (χ0n) is 11.7. The molecular weight excluding hydrogens is 331 g/mol. The molecule has 0 spiro atoms. The van der Waals surface area contributed by atoms with Gasteiger partial charge in [0.2, 0.25) is 11.8 Å². The second-order valence-electron chi connectivity index (χ2n) is 4.83. The highest BCUT2D eigenvalue weighted by Gasteiger charge is 2.17. The van der Waals surface area contributed by atoms with Crippen LogP contribution in [0.5, 0.6) is 0 Å². The number of halogens is 2. The summed E-state index contributed by atoms with van der Waals surface area (Å²) in [4.78, 5) is 0. The number of hydrogen-bond donors (Lipinski definition) is 1. The summed E-state index contributed by atoms with van der Waals surface area (Å²) in [5, 5.41) is 18.2. The molecule has 2 aromatic rings. The third kappa shape index (κ3) is 4.36. The van der Waals surface area contributed by atoms with E-state index in [2.05, 4.69) is 10.2 Å². The third-order valence-corrected chi connectivity index (χ3v) is 4.90. The molecular formula is C14H16Cl2N2O2S. The normalized spacial score (nSPS) is 14.1.